The van der Waals surface area contributed by atoms with Crippen molar-refractivity contribution < 1.29 is 0 Å². The van der Waals surface area contributed by atoms with Gasteiger partial charge in [0.15, 0.2) is 0 Å². The molecule has 0 aromatic carbocycles. The number of hydrogen-bond acceptors (Lipinski definition) is 4. The first-order valence-corrected chi connectivity index (χ1v) is 6.15. The van der Waals surface area contributed by atoms with Gasteiger partial charge in [0.25, 0.3) is 0 Å². The molecule has 0 spiro atoms. The zero-order chi connectivity index (χ0) is 13.1. The van der Waals surface area contributed by atoms with Gasteiger partial charge in [0.05, 0.1) is 6.04 Å². The Kier molecular flexibility index (Phi) is 4.48. The molecule has 0 saturated carbocycles. The lowest BCUT2D eigenvalue weighted by Crippen LogP contribution is -2.51. The van der Waals surface area contributed by atoms with Crippen LogP contribution in [0.4, 0.5) is 5.69 Å². The van der Waals surface area contributed by atoms with Crippen LogP contribution in [0.1, 0.15) is 39.3 Å². The summed E-state index contributed by atoms with van der Waals surface area (Å²) in [5.74, 6) is 0. The van der Waals surface area contributed by atoms with Crippen LogP contribution in [0.3, 0.4) is 0 Å². The van der Waals surface area contributed by atoms with Crippen LogP contribution in [-0.2, 0) is 0 Å². The second-order valence-electron chi connectivity index (χ2n) is 4.81. The summed E-state index contributed by atoms with van der Waals surface area (Å²) in [5, 5.41) is 0. The highest BCUT2D eigenvalue weighted by atomic mass is 15.2. The first-order chi connectivity index (χ1) is 7.95. The molecule has 4 N–H and O–H groups in total. The Balaban J connectivity index is 3.03. The van der Waals surface area contributed by atoms with Gasteiger partial charge in [0.1, 0.15) is 0 Å². The molecule has 0 radical (unpaired) electrons. The van der Waals surface area contributed by atoms with E-state index < -0.39 is 0 Å². The van der Waals surface area contributed by atoms with E-state index in [-0.39, 0.29) is 11.6 Å². The number of likely N-dealkylation sites (N-methyl/N-ethyl adjacent to an activating group) is 1. The summed E-state index contributed by atoms with van der Waals surface area (Å²) in [5.41, 5.74) is 13.8. The van der Waals surface area contributed by atoms with Crippen molar-refractivity contribution in [1.82, 2.24) is 9.88 Å². The molecule has 96 valence electrons. The SMILES string of the molecule is CCN(CC)C(C)(C)C(N)c1cnccc1N. The van der Waals surface area contributed by atoms with Gasteiger partial charge < -0.3 is 11.5 Å². The molecule has 1 atom stereocenters. The maximum atomic E-state index is 6.36. The van der Waals surface area contributed by atoms with Gasteiger partial charge in [-0.25, -0.2) is 0 Å². The molecule has 1 aromatic heterocycles. The molecule has 0 fully saturated rings. The standard InChI is InChI=1S/C13H24N4/c1-5-17(6-2)13(3,4)12(15)10-9-16-8-7-11(10)14/h7-9,12H,5-6,15H2,1-4H3,(H2,14,16). The summed E-state index contributed by atoms with van der Waals surface area (Å²) in [6, 6.07) is 1.66. The Morgan fingerprint density at radius 3 is 2.41 bits per heavy atom. The van der Waals surface area contributed by atoms with Crippen LogP contribution in [0.5, 0.6) is 0 Å². The monoisotopic (exact) mass is 236 g/mol. The molecule has 0 aliphatic rings. The van der Waals surface area contributed by atoms with Crippen LogP contribution in [0.2, 0.25) is 0 Å². The van der Waals surface area contributed by atoms with Crippen LogP contribution in [0.25, 0.3) is 0 Å². The van der Waals surface area contributed by atoms with Crippen molar-refractivity contribution in [2.75, 3.05) is 18.8 Å². The van der Waals surface area contributed by atoms with Crippen LogP contribution in [-0.4, -0.2) is 28.5 Å². The molecule has 1 unspecified atom stereocenters. The van der Waals surface area contributed by atoms with Gasteiger partial charge in [0, 0.05) is 29.2 Å². The summed E-state index contributed by atoms with van der Waals surface area (Å²) in [6.45, 7) is 10.5. The zero-order valence-corrected chi connectivity index (χ0v) is 11.3. The molecule has 1 rings (SSSR count). The Bertz CT molecular complexity index is 358. The average Bonchev–Trinajstić information content (AvgIpc) is 2.30. The van der Waals surface area contributed by atoms with Crippen molar-refractivity contribution in [2.45, 2.75) is 39.3 Å². The van der Waals surface area contributed by atoms with Crippen molar-refractivity contribution >= 4 is 5.69 Å². The molecule has 1 aromatic rings. The highest BCUT2D eigenvalue weighted by molar-refractivity contribution is 5.47. The maximum Gasteiger partial charge on any atom is 0.0512 e. The number of hydrogen-bond donors (Lipinski definition) is 2. The number of nitrogens with zero attached hydrogens (tertiary/aromatic N) is 2. The van der Waals surface area contributed by atoms with Crippen LogP contribution >= 0.6 is 0 Å². The number of rotatable bonds is 5. The lowest BCUT2D eigenvalue weighted by atomic mass is 9.87. The summed E-state index contributed by atoms with van der Waals surface area (Å²) < 4.78 is 0. The molecule has 4 nitrogen and oxygen atoms in total. The summed E-state index contributed by atoms with van der Waals surface area (Å²) >= 11 is 0. The number of aromatic nitrogens is 1. The summed E-state index contributed by atoms with van der Waals surface area (Å²) in [7, 11) is 0. The van der Waals surface area contributed by atoms with Gasteiger partial charge in [-0.1, -0.05) is 13.8 Å². The molecular formula is C13H24N4. The molecule has 0 aliphatic carbocycles. The molecule has 17 heavy (non-hydrogen) atoms. The number of anilines is 1. The fraction of sp³-hybridized carbons (Fsp3) is 0.615. The topological polar surface area (TPSA) is 68.2 Å². The van der Waals surface area contributed by atoms with Crippen LogP contribution in [0.15, 0.2) is 18.5 Å². The van der Waals surface area contributed by atoms with E-state index in [4.69, 9.17) is 11.5 Å². The van der Waals surface area contributed by atoms with Gasteiger partial charge in [-0.3, -0.25) is 9.88 Å². The van der Waals surface area contributed by atoms with Crippen LogP contribution in [0, 0.1) is 0 Å². The fourth-order valence-corrected chi connectivity index (χ4v) is 2.29. The first-order valence-electron chi connectivity index (χ1n) is 6.15. The smallest absolute Gasteiger partial charge is 0.0512 e. The minimum atomic E-state index is -0.143. The second-order valence-corrected chi connectivity index (χ2v) is 4.81. The quantitative estimate of drug-likeness (QED) is 0.817. The third-order valence-corrected chi connectivity index (χ3v) is 3.56. The van der Waals surface area contributed by atoms with Gasteiger partial charge in [-0.15, -0.1) is 0 Å². The average molecular weight is 236 g/mol. The van der Waals surface area contributed by atoms with Gasteiger partial charge in [0.2, 0.25) is 0 Å². The molecular weight excluding hydrogens is 212 g/mol. The van der Waals surface area contributed by atoms with Gasteiger partial charge >= 0.3 is 0 Å². The van der Waals surface area contributed by atoms with E-state index in [1.807, 2.05) is 0 Å². The predicted molar refractivity (Wildman–Crippen MR) is 72.6 cm³/mol. The number of nitrogens with two attached hydrogens (primary N) is 2. The lowest BCUT2D eigenvalue weighted by Gasteiger charge is -2.42. The largest absolute Gasteiger partial charge is 0.398 e. The highest BCUT2D eigenvalue weighted by Crippen LogP contribution is 2.31. The van der Waals surface area contributed by atoms with Crippen molar-refractivity contribution in [1.29, 1.82) is 0 Å². The van der Waals surface area contributed by atoms with E-state index in [0.717, 1.165) is 18.7 Å². The minimum Gasteiger partial charge on any atom is -0.398 e. The van der Waals surface area contributed by atoms with Crippen molar-refractivity contribution in [3.05, 3.63) is 24.0 Å². The highest BCUT2D eigenvalue weighted by Gasteiger charge is 2.33. The van der Waals surface area contributed by atoms with E-state index in [1.54, 1.807) is 18.5 Å². The van der Waals surface area contributed by atoms with Gasteiger partial charge in [-0.2, -0.15) is 0 Å². The Hall–Kier alpha value is -1.13. The van der Waals surface area contributed by atoms with Crippen molar-refractivity contribution in [3.63, 3.8) is 0 Å². The Morgan fingerprint density at radius 2 is 1.94 bits per heavy atom. The number of pyridine rings is 1. The predicted octanol–water partition coefficient (Wildman–Crippen LogP) is 1.78. The van der Waals surface area contributed by atoms with Crippen molar-refractivity contribution in [2.24, 2.45) is 5.73 Å². The third-order valence-electron chi connectivity index (χ3n) is 3.56. The molecule has 0 bridgehead atoms. The van der Waals surface area contributed by atoms with E-state index in [1.165, 1.54) is 0 Å². The van der Waals surface area contributed by atoms with E-state index in [9.17, 15) is 0 Å². The van der Waals surface area contributed by atoms with Crippen LogP contribution < -0.4 is 11.5 Å². The molecule has 0 saturated heterocycles. The normalized spacial score (nSPS) is 14.0. The lowest BCUT2D eigenvalue weighted by molar-refractivity contribution is 0.107. The van der Waals surface area contributed by atoms with E-state index in [2.05, 4.69) is 37.6 Å². The Morgan fingerprint density at radius 1 is 1.35 bits per heavy atom. The fourth-order valence-electron chi connectivity index (χ4n) is 2.29. The molecule has 0 aliphatic heterocycles. The molecule has 4 heteroatoms. The number of nitrogen functional groups attached to an aromatic ring is 1. The molecule has 0 amide bonds. The third kappa shape index (κ3) is 2.76. The first kappa shape index (κ1) is 13.9. The summed E-state index contributed by atoms with van der Waals surface area (Å²) in [4.78, 5) is 6.45. The van der Waals surface area contributed by atoms with E-state index in [0.29, 0.717) is 5.69 Å². The molecule has 1 heterocycles. The second kappa shape index (κ2) is 5.47. The zero-order valence-electron chi connectivity index (χ0n) is 11.3. The van der Waals surface area contributed by atoms with E-state index >= 15 is 0 Å². The van der Waals surface area contributed by atoms with Gasteiger partial charge in [-0.05, 0) is 33.0 Å². The maximum absolute atomic E-state index is 6.36. The summed E-state index contributed by atoms with van der Waals surface area (Å²) in [6.07, 6.45) is 3.46. The Labute approximate surface area is 104 Å². The minimum absolute atomic E-state index is 0.138. The van der Waals surface area contributed by atoms with Crippen molar-refractivity contribution in [3.8, 4) is 0 Å².